The van der Waals surface area contributed by atoms with E-state index in [0.29, 0.717) is 0 Å². The minimum absolute atomic E-state index is 0.0593. The number of aliphatic carboxylic acids is 1. The minimum Gasteiger partial charge on any atom is -0.480 e. The zero-order valence-electron chi connectivity index (χ0n) is 8.11. The van der Waals surface area contributed by atoms with Crippen LogP contribution in [0.2, 0.25) is 0 Å². The Morgan fingerprint density at radius 3 is 2.00 bits per heavy atom. The molecule has 1 unspecified atom stereocenters. The maximum absolute atomic E-state index is 13.3. The van der Waals surface area contributed by atoms with Crippen LogP contribution in [0, 0.1) is 17.5 Å². The number of hydrogen-bond donors (Lipinski definition) is 1. The highest BCUT2D eigenvalue weighted by Gasteiger charge is 2.78. The summed E-state index contributed by atoms with van der Waals surface area (Å²) in [6.07, 6.45) is -1.13. The molecule has 0 bridgehead atoms. The van der Waals surface area contributed by atoms with Crippen LogP contribution in [-0.2, 0) is 10.2 Å². The van der Waals surface area contributed by atoms with E-state index in [1.807, 2.05) is 0 Å². The second-order valence-electron chi connectivity index (χ2n) is 3.84. The Kier molecular flexibility index (Phi) is 2.21. The molecule has 92 valence electrons. The lowest BCUT2D eigenvalue weighted by atomic mass is 9.94. The first-order valence-corrected chi connectivity index (χ1v) is 4.48. The Morgan fingerprint density at radius 1 is 1.12 bits per heavy atom. The number of hydrogen-bond acceptors (Lipinski definition) is 1. The summed E-state index contributed by atoms with van der Waals surface area (Å²) in [6, 6.07) is 0.226. The van der Waals surface area contributed by atoms with Crippen molar-refractivity contribution in [2.45, 2.75) is 17.8 Å². The third-order valence-corrected chi connectivity index (χ3v) is 2.82. The molecule has 1 saturated carbocycles. The van der Waals surface area contributed by atoms with Crippen LogP contribution in [-0.4, -0.2) is 17.0 Å². The molecule has 0 aliphatic heterocycles. The Hall–Kier alpha value is -1.66. The summed E-state index contributed by atoms with van der Waals surface area (Å²) in [6.45, 7) is 0. The molecule has 1 fully saturated rings. The first kappa shape index (κ1) is 11.8. The molecule has 1 aliphatic rings. The molecule has 0 amide bonds. The lowest BCUT2D eigenvalue weighted by Gasteiger charge is -2.12. The normalized spacial score (nSPS) is 25.7. The van der Waals surface area contributed by atoms with E-state index >= 15 is 0 Å². The van der Waals surface area contributed by atoms with Crippen LogP contribution in [0.3, 0.4) is 0 Å². The lowest BCUT2D eigenvalue weighted by molar-refractivity contribution is -0.143. The Balaban J connectivity index is 2.62. The molecule has 1 aromatic carbocycles. The van der Waals surface area contributed by atoms with Crippen LogP contribution in [0.25, 0.3) is 0 Å². The molecule has 1 N–H and O–H groups in total. The molecule has 0 spiro atoms. The summed E-state index contributed by atoms with van der Waals surface area (Å²) in [7, 11) is 0. The average molecular weight is 252 g/mol. The highest BCUT2D eigenvalue weighted by Crippen LogP contribution is 2.62. The predicted molar refractivity (Wildman–Crippen MR) is 45.2 cm³/mol. The fraction of sp³-hybridized carbons (Fsp3) is 0.300. The van der Waals surface area contributed by atoms with Gasteiger partial charge in [0.1, 0.15) is 5.82 Å². The maximum atomic E-state index is 13.3. The van der Waals surface area contributed by atoms with Crippen molar-refractivity contribution in [3.63, 3.8) is 0 Å². The van der Waals surface area contributed by atoms with Crippen LogP contribution in [0.5, 0.6) is 0 Å². The van der Waals surface area contributed by atoms with Gasteiger partial charge in [0.15, 0.2) is 17.0 Å². The molecule has 0 heterocycles. The van der Waals surface area contributed by atoms with Crippen molar-refractivity contribution in [3.8, 4) is 0 Å². The summed E-state index contributed by atoms with van der Waals surface area (Å²) in [5.74, 6) is -10.2. The topological polar surface area (TPSA) is 37.3 Å². The first-order chi connectivity index (χ1) is 7.72. The summed E-state index contributed by atoms with van der Waals surface area (Å²) in [5, 5.41) is 8.71. The van der Waals surface area contributed by atoms with Crippen LogP contribution >= 0.6 is 0 Å². The highest BCUT2D eigenvalue weighted by atomic mass is 19.3. The Morgan fingerprint density at radius 2 is 1.59 bits per heavy atom. The maximum Gasteiger partial charge on any atom is 0.320 e. The average Bonchev–Trinajstić information content (AvgIpc) is 2.77. The molecule has 0 aromatic heterocycles. The van der Waals surface area contributed by atoms with E-state index in [-0.39, 0.29) is 12.1 Å². The standard InChI is InChI=1S/C10H5F5O2/c11-5-2-7(13)6(12)1-4(5)9(8(16)17)3-10(9,14)15/h1-2H,3H2,(H,16,17). The highest BCUT2D eigenvalue weighted by molar-refractivity contribution is 5.87. The van der Waals surface area contributed by atoms with E-state index in [0.717, 1.165) is 0 Å². The molecule has 0 radical (unpaired) electrons. The molecule has 2 rings (SSSR count). The van der Waals surface area contributed by atoms with Gasteiger partial charge in [-0.05, 0) is 6.07 Å². The summed E-state index contributed by atoms with van der Waals surface area (Å²) < 4.78 is 64.8. The number of rotatable bonds is 2. The van der Waals surface area contributed by atoms with Crippen molar-refractivity contribution in [2.75, 3.05) is 0 Å². The van der Waals surface area contributed by atoms with E-state index < -0.39 is 46.7 Å². The van der Waals surface area contributed by atoms with Gasteiger partial charge in [0.2, 0.25) is 0 Å². The van der Waals surface area contributed by atoms with E-state index in [1.165, 1.54) is 0 Å². The van der Waals surface area contributed by atoms with E-state index in [1.54, 1.807) is 0 Å². The fourth-order valence-corrected chi connectivity index (χ4v) is 1.78. The first-order valence-electron chi connectivity index (χ1n) is 4.48. The third kappa shape index (κ3) is 1.41. The zero-order valence-corrected chi connectivity index (χ0v) is 8.11. The number of carbonyl (C=O) groups is 1. The molecule has 0 saturated heterocycles. The molecule has 1 aliphatic carbocycles. The van der Waals surface area contributed by atoms with Gasteiger partial charge in [-0.15, -0.1) is 0 Å². The van der Waals surface area contributed by atoms with Crippen molar-refractivity contribution in [1.29, 1.82) is 0 Å². The van der Waals surface area contributed by atoms with Gasteiger partial charge in [-0.1, -0.05) is 0 Å². The van der Waals surface area contributed by atoms with Gasteiger partial charge in [-0.25, -0.2) is 22.0 Å². The quantitative estimate of drug-likeness (QED) is 0.648. The number of benzene rings is 1. The van der Waals surface area contributed by atoms with Gasteiger partial charge in [0.05, 0.1) is 0 Å². The molecule has 17 heavy (non-hydrogen) atoms. The van der Waals surface area contributed by atoms with E-state index in [4.69, 9.17) is 5.11 Å². The Labute approximate surface area is 91.7 Å². The van der Waals surface area contributed by atoms with Gasteiger partial charge >= 0.3 is 5.97 Å². The zero-order chi connectivity index (χ0) is 13.0. The largest absolute Gasteiger partial charge is 0.480 e. The summed E-state index contributed by atoms with van der Waals surface area (Å²) >= 11 is 0. The van der Waals surface area contributed by atoms with Crippen molar-refractivity contribution in [3.05, 3.63) is 35.1 Å². The van der Waals surface area contributed by atoms with E-state index in [2.05, 4.69) is 0 Å². The minimum atomic E-state index is -3.66. The van der Waals surface area contributed by atoms with Crippen molar-refractivity contribution in [1.82, 2.24) is 0 Å². The van der Waals surface area contributed by atoms with Crippen molar-refractivity contribution in [2.24, 2.45) is 0 Å². The molecule has 7 heteroatoms. The van der Waals surface area contributed by atoms with Crippen LogP contribution < -0.4 is 0 Å². The van der Waals surface area contributed by atoms with Gasteiger partial charge in [0, 0.05) is 18.1 Å². The molecule has 1 atom stereocenters. The summed E-state index contributed by atoms with van der Waals surface area (Å²) in [4.78, 5) is 10.8. The van der Waals surface area contributed by atoms with Gasteiger partial charge < -0.3 is 5.11 Å². The SMILES string of the molecule is O=C(O)C1(c2cc(F)c(F)cc2F)CC1(F)F. The molecule has 2 nitrogen and oxygen atoms in total. The van der Waals surface area contributed by atoms with Gasteiger partial charge in [-0.3, -0.25) is 4.79 Å². The Bertz CT molecular complexity index is 514. The molecular weight excluding hydrogens is 247 g/mol. The van der Waals surface area contributed by atoms with Crippen LogP contribution in [0.1, 0.15) is 12.0 Å². The number of halogens is 5. The summed E-state index contributed by atoms with van der Waals surface area (Å²) in [5.41, 5.74) is -3.82. The second kappa shape index (κ2) is 3.18. The van der Waals surface area contributed by atoms with Crippen LogP contribution in [0.15, 0.2) is 12.1 Å². The van der Waals surface area contributed by atoms with E-state index in [9.17, 15) is 26.7 Å². The lowest BCUT2D eigenvalue weighted by Crippen LogP contribution is -2.28. The molecule has 1 aromatic rings. The predicted octanol–water partition coefficient (Wildman–Crippen LogP) is 2.47. The van der Waals surface area contributed by atoms with Gasteiger partial charge in [-0.2, -0.15) is 0 Å². The van der Waals surface area contributed by atoms with Crippen molar-refractivity contribution < 1.29 is 31.9 Å². The molecular formula is C10H5F5O2. The third-order valence-electron chi connectivity index (χ3n) is 2.82. The number of carboxylic acid groups (broad SMARTS) is 1. The van der Waals surface area contributed by atoms with Crippen molar-refractivity contribution >= 4 is 5.97 Å². The monoisotopic (exact) mass is 252 g/mol. The second-order valence-corrected chi connectivity index (χ2v) is 3.84. The fourth-order valence-electron chi connectivity index (χ4n) is 1.78. The smallest absolute Gasteiger partial charge is 0.320 e. The number of carboxylic acids is 1. The van der Waals surface area contributed by atoms with Gasteiger partial charge in [0.25, 0.3) is 5.92 Å². The van der Waals surface area contributed by atoms with Crippen LogP contribution in [0.4, 0.5) is 22.0 Å². The number of alkyl halides is 2.